The van der Waals surface area contributed by atoms with Crippen molar-refractivity contribution in [1.29, 1.82) is 0 Å². The number of hydrogen-bond donors (Lipinski definition) is 0. The maximum atomic E-state index is 5.92. The maximum absolute atomic E-state index is 5.92. The van der Waals surface area contributed by atoms with Crippen LogP contribution in [0.4, 0.5) is 0 Å². The Bertz CT molecular complexity index is 1090. The van der Waals surface area contributed by atoms with Gasteiger partial charge in [-0.2, -0.15) is 0 Å². The standard InChI is InChI=1S/C32H34O6/c1-3-11-27(12-4-1)25-37-31-17-9-7-15-29(31)35-23-21-33-19-20-34-22-24-36-30-16-8-10-18-32(30)38-26-28-13-5-2-6-14-28/h1-18H,19-26H2. The molecule has 0 aliphatic heterocycles. The van der Waals surface area contributed by atoms with E-state index >= 15 is 0 Å². The van der Waals surface area contributed by atoms with E-state index in [0.29, 0.717) is 75.9 Å². The highest BCUT2D eigenvalue weighted by atomic mass is 16.6. The molecule has 0 fully saturated rings. The lowest BCUT2D eigenvalue weighted by molar-refractivity contribution is 0.0267. The Labute approximate surface area is 224 Å². The largest absolute Gasteiger partial charge is 0.487 e. The van der Waals surface area contributed by atoms with Crippen LogP contribution in [0, 0.1) is 0 Å². The molecule has 38 heavy (non-hydrogen) atoms. The molecule has 0 atom stereocenters. The molecule has 4 aromatic carbocycles. The predicted molar refractivity (Wildman–Crippen MR) is 147 cm³/mol. The highest BCUT2D eigenvalue weighted by molar-refractivity contribution is 5.40. The van der Waals surface area contributed by atoms with Crippen molar-refractivity contribution in [3.05, 3.63) is 120 Å². The van der Waals surface area contributed by atoms with Gasteiger partial charge in [0.2, 0.25) is 0 Å². The van der Waals surface area contributed by atoms with Gasteiger partial charge in [-0.1, -0.05) is 84.9 Å². The molecule has 0 heterocycles. The average molecular weight is 515 g/mol. The van der Waals surface area contributed by atoms with Gasteiger partial charge in [-0.3, -0.25) is 0 Å². The van der Waals surface area contributed by atoms with Crippen LogP contribution >= 0.6 is 0 Å². The molecule has 4 rings (SSSR count). The van der Waals surface area contributed by atoms with E-state index in [9.17, 15) is 0 Å². The first-order chi connectivity index (χ1) is 18.9. The average Bonchev–Trinajstić information content (AvgIpc) is 2.98. The minimum atomic E-state index is 0.425. The van der Waals surface area contributed by atoms with Crippen LogP contribution in [0.5, 0.6) is 23.0 Å². The summed E-state index contributed by atoms with van der Waals surface area (Å²) in [5, 5.41) is 0. The Morgan fingerprint density at radius 3 is 1.03 bits per heavy atom. The third-order valence-electron chi connectivity index (χ3n) is 5.52. The molecule has 0 bridgehead atoms. The maximum Gasteiger partial charge on any atom is 0.161 e. The van der Waals surface area contributed by atoms with Gasteiger partial charge in [-0.15, -0.1) is 0 Å². The molecule has 4 aromatic rings. The molecule has 0 saturated heterocycles. The van der Waals surface area contributed by atoms with Crippen molar-refractivity contribution in [2.45, 2.75) is 13.2 Å². The van der Waals surface area contributed by atoms with Gasteiger partial charge < -0.3 is 28.4 Å². The third kappa shape index (κ3) is 9.47. The van der Waals surface area contributed by atoms with Crippen LogP contribution < -0.4 is 18.9 Å². The zero-order valence-electron chi connectivity index (χ0n) is 21.5. The fraction of sp³-hybridized carbons (Fsp3) is 0.250. The molecule has 0 amide bonds. The minimum Gasteiger partial charge on any atom is -0.487 e. The molecular formula is C32H34O6. The summed E-state index contributed by atoms with van der Waals surface area (Å²) in [6.07, 6.45) is 0. The monoisotopic (exact) mass is 514 g/mol. The van der Waals surface area contributed by atoms with Crippen LogP contribution in [-0.4, -0.2) is 39.6 Å². The first-order valence-electron chi connectivity index (χ1n) is 12.8. The van der Waals surface area contributed by atoms with Crippen LogP contribution in [-0.2, 0) is 22.7 Å². The first kappa shape index (κ1) is 27.0. The van der Waals surface area contributed by atoms with Crippen LogP contribution in [0.25, 0.3) is 0 Å². The van der Waals surface area contributed by atoms with Crippen LogP contribution in [0.1, 0.15) is 11.1 Å². The lowest BCUT2D eigenvalue weighted by atomic mass is 10.2. The fourth-order valence-corrected chi connectivity index (χ4v) is 3.59. The fourth-order valence-electron chi connectivity index (χ4n) is 3.59. The Morgan fingerprint density at radius 1 is 0.316 bits per heavy atom. The van der Waals surface area contributed by atoms with Gasteiger partial charge in [0.1, 0.15) is 26.4 Å². The van der Waals surface area contributed by atoms with Gasteiger partial charge in [-0.05, 0) is 35.4 Å². The van der Waals surface area contributed by atoms with E-state index in [1.807, 2.05) is 109 Å². The predicted octanol–water partition coefficient (Wildman–Crippen LogP) is 6.34. The topological polar surface area (TPSA) is 55.4 Å². The number of benzene rings is 4. The number of ether oxygens (including phenoxy) is 6. The molecule has 0 unspecified atom stereocenters. The second kappa shape index (κ2) is 16.0. The second-order valence-corrected chi connectivity index (χ2v) is 8.36. The highest BCUT2D eigenvalue weighted by Gasteiger charge is 2.06. The van der Waals surface area contributed by atoms with Crippen molar-refractivity contribution < 1.29 is 28.4 Å². The van der Waals surface area contributed by atoms with Crippen molar-refractivity contribution >= 4 is 0 Å². The van der Waals surface area contributed by atoms with Crippen LogP contribution in [0.15, 0.2) is 109 Å². The number of rotatable bonds is 17. The number of hydrogen-bond acceptors (Lipinski definition) is 6. The first-order valence-corrected chi connectivity index (χ1v) is 12.8. The highest BCUT2D eigenvalue weighted by Crippen LogP contribution is 2.28. The molecule has 198 valence electrons. The summed E-state index contributed by atoms with van der Waals surface area (Å²) in [6, 6.07) is 35.4. The Kier molecular flexibility index (Phi) is 11.4. The Hall–Kier alpha value is -4.00. The van der Waals surface area contributed by atoms with Gasteiger partial charge in [-0.25, -0.2) is 0 Å². The van der Waals surface area contributed by atoms with E-state index in [0.717, 1.165) is 11.1 Å². The van der Waals surface area contributed by atoms with E-state index < -0.39 is 0 Å². The summed E-state index contributed by atoms with van der Waals surface area (Å²) >= 11 is 0. The van der Waals surface area contributed by atoms with Crippen LogP contribution in [0.2, 0.25) is 0 Å². The van der Waals surface area contributed by atoms with E-state index in [1.165, 1.54) is 0 Å². The van der Waals surface area contributed by atoms with E-state index in [4.69, 9.17) is 28.4 Å². The summed E-state index contributed by atoms with van der Waals surface area (Å²) in [6.45, 7) is 3.70. The van der Waals surface area contributed by atoms with Gasteiger partial charge in [0.05, 0.1) is 26.4 Å². The molecule has 0 aliphatic rings. The molecule has 0 spiro atoms. The molecule has 0 N–H and O–H groups in total. The summed E-state index contributed by atoms with van der Waals surface area (Å²) in [7, 11) is 0. The van der Waals surface area contributed by atoms with Crippen molar-refractivity contribution in [1.82, 2.24) is 0 Å². The van der Waals surface area contributed by atoms with Crippen molar-refractivity contribution in [3.8, 4) is 23.0 Å². The normalized spacial score (nSPS) is 10.6. The summed E-state index contributed by atoms with van der Waals surface area (Å²) in [5.74, 6) is 2.83. The summed E-state index contributed by atoms with van der Waals surface area (Å²) in [4.78, 5) is 0. The van der Waals surface area contributed by atoms with Gasteiger partial charge in [0.25, 0.3) is 0 Å². The lowest BCUT2D eigenvalue weighted by Gasteiger charge is -2.13. The lowest BCUT2D eigenvalue weighted by Crippen LogP contribution is -2.14. The molecule has 0 saturated carbocycles. The molecule has 0 aliphatic carbocycles. The number of para-hydroxylation sites is 4. The van der Waals surface area contributed by atoms with Crippen LogP contribution in [0.3, 0.4) is 0 Å². The van der Waals surface area contributed by atoms with Crippen molar-refractivity contribution in [2.24, 2.45) is 0 Å². The van der Waals surface area contributed by atoms with Gasteiger partial charge in [0.15, 0.2) is 23.0 Å². The Balaban J connectivity index is 1.05. The Morgan fingerprint density at radius 2 is 0.632 bits per heavy atom. The molecule has 0 aromatic heterocycles. The van der Waals surface area contributed by atoms with Crippen molar-refractivity contribution in [3.63, 3.8) is 0 Å². The minimum absolute atomic E-state index is 0.425. The SMILES string of the molecule is c1ccc(COc2ccccc2OCCOCCOCCOc2ccccc2OCc2ccccc2)cc1. The smallest absolute Gasteiger partial charge is 0.161 e. The molecular weight excluding hydrogens is 480 g/mol. The second-order valence-electron chi connectivity index (χ2n) is 8.36. The van der Waals surface area contributed by atoms with Crippen molar-refractivity contribution in [2.75, 3.05) is 39.6 Å². The van der Waals surface area contributed by atoms with E-state index in [1.54, 1.807) is 0 Å². The zero-order valence-corrected chi connectivity index (χ0v) is 21.5. The third-order valence-corrected chi connectivity index (χ3v) is 5.52. The molecule has 6 nitrogen and oxygen atoms in total. The van der Waals surface area contributed by atoms with E-state index in [2.05, 4.69) is 0 Å². The summed E-state index contributed by atoms with van der Waals surface area (Å²) < 4.78 is 34.8. The molecule has 6 heteroatoms. The van der Waals surface area contributed by atoms with Gasteiger partial charge >= 0.3 is 0 Å². The molecule has 0 radical (unpaired) electrons. The van der Waals surface area contributed by atoms with Gasteiger partial charge in [0, 0.05) is 0 Å². The van der Waals surface area contributed by atoms with E-state index in [-0.39, 0.29) is 0 Å². The quantitative estimate of drug-likeness (QED) is 0.153. The summed E-state index contributed by atoms with van der Waals surface area (Å²) in [5.41, 5.74) is 2.22. The zero-order chi connectivity index (χ0) is 26.1.